The molecule has 0 amide bonds. The standard InChI is InChI=1S/C9H9F3O.H2S/c1-13-6-7-4-2-3-5-8(7)9(10,11)12;/h2-5H,6H2,1H3;1H2. The fourth-order valence-corrected chi connectivity index (χ4v) is 1.08. The van der Waals surface area contributed by atoms with Crippen LogP contribution in [0.1, 0.15) is 11.1 Å². The molecule has 0 radical (unpaired) electrons. The van der Waals surface area contributed by atoms with E-state index in [9.17, 15) is 13.2 Å². The van der Waals surface area contributed by atoms with Crippen LogP contribution in [0.5, 0.6) is 0 Å². The van der Waals surface area contributed by atoms with Crippen LogP contribution in [0.2, 0.25) is 0 Å². The summed E-state index contributed by atoms with van der Waals surface area (Å²) in [4.78, 5) is 0. The first-order valence-corrected chi connectivity index (χ1v) is 3.69. The summed E-state index contributed by atoms with van der Waals surface area (Å²) >= 11 is 0. The van der Waals surface area contributed by atoms with Crippen molar-refractivity contribution >= 4 is 13.5 Å². The Kier molecular flexibility index (Phi) is 5.01. The van der Waals surface area contributed by atoms with Gasteiger partial charge in [-0.05, 0) is 11.6 Å². The third-order valence-corrected chi connectivity index (χ3v) is 1.62. The highest BCUT2D eigenvalue weighted by Crippen LogP contribution is 2.31. The van der Waals surface area contributed by atoms with Crippen molar-refractivity contribution < 1.29 is 17.9 Å². The van der Waals surface area contributed by atoms with Crippen molar-refractivity contribution in [2.24, 2.45) is 0 Å². The molecule has 0 aromatic heterocycles. The van der Waals surface area contributed by atoms with E-state index in [0.29, 0.717) is 0 Å². The lowest BCUT2D eigenvalue weighted by atomic mass is 10.1. The number of alkyl halides is 3. The molecule has 0 aliphatic heterocycles. The summed E-state index contributed by atoms with van der Waals surface area (Å²) in [5, 5.41) is 0. The first kappa shape index (κ1) is 13.3. The molecule has 1 nitrogen and oxygen atoms in total. The number of hydrogen-bond acceptors (Lipinski definition) is 1. The van der Waals surface area contributed by atoms with Crippen molar-refractivity contribution in [1.82, 2.24) is 0 Å². The summed E-state index contributed by atoms with van der Waals surface area (Å²) in [6.07, 6.45) is -4.30. The highest BCUT2D eigenvalue weighted by atomic mass is 32.1. The van der Waals surface area contributed by atoms with Crippen LogP contribution in [0, 0.1) is 0 Å². The van der Waals surface area contributed by atoms with Gasteiger partial charge in [-0.15, -0.1) is 0 Å². The zero-order chi connectivity index (χ0) is 9.90. The molecular formula is C9H11F3OS. The Hall–Kier alpha value is -0.680. The van der Waals surface area contributed by atoms with Crippen LogP contribution < -0.4 is 0 Å². The lowest BCUT2D eigenvalue weighted by Gasteiger charge is -2.11. The largest absolute Gasteiger partial charge is 0.416 e. The van der Waals surface area contributed by atoms with E-state index in [0.717, 1.165) is 6.07 Å². The molecule has 0 saturated heterocycles. The monoisotopic (exact) mass is 224 g/mol. The SMILES string of the molecule is COCc1ccccc1C(F)(F)F.S. The number of benzene rings is 1. The van der Waals surface area contributed by atoms with E-state index >= 15 is 0 Å². The molecule has 0 fully saturated rings. The summed E-state index contributed by atoms with van der Waals surface area (Å²) in [5.41, 5.74) is -0.464. The van der Waals surface area contributed by atoms with Crippen LogP contribution in [0.15, 0.2) is 24.3 Å². The van der Waals surface area contributed by atoms with Gasteiger partial charge in [0.2, 0.25) is 0 Å². The van der Waals surface area contributed by atoms with Gasteiger partial charge in [-0.2, -0.15) is 26.7 Å². The maximum absolute atomic E-state index is 12.3. The molecule has 80 valence electrons. The first-order chi connectivity index (χ1) is 6.05. The molecular weight excluding hydrogens is 213 g/mol. The lowest BCUT2D eigenvalue weighted by Crippen LogP contribution is -2.09. The minimum Gasteiger partial charge on any atom is -0.380 e. The van der Waals surface area contributed by atoms with Gasteiger partial charge in [-0.3, -0.25) is 0 Å². The molecule has 1 rings (SSSR count). The number of ether oxygens (including phenoxy) is 1. The first-order valence-electron chi connectivity index (χ1n) is 3.69. The average molecular weight is 224 g/mol. The summed E-state index contributed by atoms with van der Waals surface area (Å²) in [5.74, 6) is 0. The lowest BCUT2D eigenvalue weighted by molar-refractivity contribution is -0.138. The van der Waals surface area contributed by atoms with Gasteiger partial charge < -0.3 is 4.74 Å². The smallest absolute Gasteiger partial charge is 0.380 e. The molecule has 0 N–H and O–H groups in total. The molecule has 1 aromatic rings. The second-order valence-electron chi connectivity index (χ2n) is 2.59. The van der Waals surface area contributed by atoms with Crippen LogP contribution in [0.4, 0.5) is 13.2 Å². The minimum absolute atomic E-state index is 0. The van der Waals surface area contributed by atoms with Crippen molar-refractivity contribution in [2.75, 3.05) is 7.11 Å². The van der Waals surface area contributed by atoms with Gasteiger partial charge in [0, 0.05) is 7.11 Å². The van der Waals surface area contributed by atoms with E-state index in [4.69, 9.17) is 0 Å². The Morgan fingerprint density at radius 1 is 1.21 bits per heavy atom. The second-order valence-corrected chi connectivity index (χ2v) is 2.59. The van der Waals surface area contributed by atoms with Gasteiger partial charge >= 0.3 is 6.18 Å². The van der Waals surface area contributed by atoms with Gasteiger partial charge in [0.05, 0.1) is 12.2 Å². The van der Waals surface area contributed by atoms with Crippen molar-refractivity contribution in [3.05, 3.63) is 35.4 Å². The van der Waals surface area contributed by atoms with Crippen LogP contribution in [-0.2, 0) is 17.5 Å². The zero-order valence-corrected chi connectivity index (χ0v) is 8.56. The van der Waals surface area contributed by atoms with Crippen LogP contribution in [0.3, 0.4) is 0 Å². The highest BCUT2D eigenvalue weighted by Gasteiger charge is 2.32. The Labute approximate surface area is 87.3 Å². The predicted octanol–water partition coefficient (Wildman–Crippen LogP) is 2.96. The number of methoxy groups -OCH3 is 1. The summed E-state index contributed by atoms with van der Waals surface area (Å²) in [6, 6.07) is 5.38. The van der Waals surface area contributed by atoms with Gasteiger partial charge in [0.15, 0.2) is 0 Å². The van der Waals surface area contributed by atoms with E-state index in [2.05, 4.69) is 4.74 Å². The average Bonchev–Trinajstić information content (AvgIpc) is 2.04. The van der Waals surface area contributed by atoms with E-state index in [1.165, 1.54) is 19.2 Å². The molecule has 0 bridgehead atoms. The van der Waals surface area contributed by atoms with Crippen LogP contribution in [-0.4, -0.2) is 7.11 Å². The molecule has 5 heteroatoms. The molecule has 1 aromatic carbocycles. The van der Waals surface area contributed by atoms with Crippen molar-refractivity contribution in [1.29, 1.82) is 0 Å². The van der Waals surface area contributed by atoms with Gasteiger partial charge in [-0.1, -0.05) is 18.2 Å². The van der Waals surface area contributed by atoms with E-state index < -0.39 is 11.7 Å². The van der Waals surface area contributed by atoms with Crippen molar-refractivity contribution in [3.63, 3.8) is 0 Å². The minimum atomic E-state index is -4.30. The topological polar surface area (TPSA) is 9.23 Å². The zero-order valence-electron chi connectivity index (χ0n) is 7.56. The van der Waals surface area contributed by atoms with E-state index in [1.807, 2.05) is 0 Å². The molecule has 0 atom stereocenters. The Balaban J connectivity index is 0.00000169. The van der Waals surface area contributed by atoms with Crippen LogP contribution >= 0.6 is 13.5 Å². The maximum Gasteiger partial charge on any atom is 0.416 e. The van der Waals surface area contributed by atoms with E-state index in [1.54, 1.807) is 6.07 Å². The number of halogens is 3. The second kappa shape index (κ2) is 5.26. The van der Waals surface area contributed by atoms with E-state index in [-0.39, 0.29) is 25.7 Å². The van der Waals surface area contributed by atoms with Gasteiger partial charge in [0.1, 0.15) is 0 Å². The highest BCUT2D eigenvalue weighted by molar-refractivity contribution is 7.59. The molecule has 14 heavy (non-hydrogen) atoms. The summed E-state index contributed by atoms with van der Waals surface area (Å²) in [7, 11) is 1.37. The molecule has 0 spiro atoms. The number of rotatable bonds is 2. The molecule has 0 aliphatic rings. The molecule has 0 aliphatic carbocycles. The van der Waals surface area contributed by atoms with Crippen molar-refractivity contribution in [3.8, 4) is 0 Å². The molecule has 0 saturated carbocycles. The van der Waals surface area contributed by atoms with Gasteiger partial charge in [-0.25, -0.2) is 0 Å². The third kappa shape index (κ3) is 3.23. The van der Waals surface area contributed by atoms with Gasteiger partial charge in [0.25, 0.3) is 0 Å². The maximum atomic E-state index is 12.3. The third-order valence-electron chi connectivity index (χ3n) is 1.62. The Morgan fingerprint density at radius 3 is 2.29 bits per heavy atom. The number of hydrogen-bond donors (Lipinski definition) is 0. The Morgan fingerprint density at radius 2 is 1.79 bits per heavy atom. The predicted molar refractivity (Wildman–Crippen MR) is 52.5 cm³/mol. The fourth-order valence-electron chi connectivity index (χ4n) is 1.08. The van der Waals surface area contributed by atoms with Crippen molar-refractivity contribution in [2.45, 2.75) is 12.8 Å². The summed E-state index contributed by atoms with van der Waals surface area (Å²) < 4.78 is 41.6. The summed E-state index contributed by atoms with van der Waals surface area (Å²) in [6.45, 7) is -0.0182. The normalized spacial score (nSPS) is 10.9. The molecule has 0 unspecified atom stereocenters. The van der Waals surface area contributed by atoms with Crippen LogP contribution in [0.25, 0.3) is 0 Å². The Bertz CT molecular complexity index is 286. The molecule has 0 heterocycles. The quantitative estimate of drug-likeness (QED) is 0.750. The fraction of sp³-hybridized carbons (Fsp3) is 0.333.